The highest BCUT2D eigenvalue weighted by molar-refractivity contribution is 6.99. The molecule has 2 aromatic carbocycles. The smallest absolute Gasteiger partial charge is 0.261 e. The van der Waals surface area contributed by atoms with Crippen LogP contribution in [0.25, 0.3) is 0 Å². The van der Waals surface area contributed by atoms with Crippen LogP contribution in [-0.4, -0.2) is 40.6 Å². The lowest BCUT2D eigenvalue weighted by molar-refractivity contribution is 0.148. The second-order valence-corrected chi connectivity index (χ2v) is 22.5. The van der Waals surface area contributed by atoms with Crippen molar-refractivity contribution in [2.75, 3.05) is 6.61 Å². The van der Waals surface area contributed by atoms with Gasteiger partial charge >= 0.3 is 0 Å². The van der Waals surface area contributed by atoms with Crippen molar-refractivity contribution in [2.45, 2.75) is 110 Å². The van der Waals surface area contributed by atoms with E-state index in [9.17, 15) is 5.11 Å². The Morgan fingerprint density at radius 2 is 1.32 bits per heavy atom. The molecule has 0 radical (unpaired) electrons. The van der Waals surface area contributed by atoms with Gasteiger partial charge in [-0.25, -0.2) is 0 Å². The van der Waals surface area contributed by atoms with Crippen LogP contribution in [0.3, 0.4) is 0 Å². The first-order valence-electron chi connectivity index (χ1n) is 14.4. The Morgan fingerprint density at radius 3 is 1.76 bits per heavy atom. The zero-order valence-electron chi connectivity index (χ0n) is 25.8. The van der Waals surface area contributed by atoms with E-state index in [4.69, 9.17) is 8.85 Å². The van der Waals surface area contributed by atoms with Gasteiger partial charge in [0.15, 0.2) is 8.32 Å². The summed E-state index contributed by atoms with van der Waals surface area (Å²) >= 11 is 0. The Kier molecular flexibility index (Phi) is 11.8. The standard InChI is InChI=1S/C33H54O3Si2/c1-27(19-18-26-35-37(9,10)32(3,4)5)31(34)25-17-20-28(2)36-38(33(6,7)8,29-21-13-11-14-22-29)30-23-15-12-16-24-30/h11-17,21-25,27-28,31,34H,18-20,26H2,1-10H3/b25-17-/t27-,28+,31?/m0/s1. The molecule has 3 atom stereocenters. The van der Waals surface area contributed by atoms with E-state index < -0.39 is 22.7 Å². The van der Waals surface area contributed by atoms with Gasteiger partial charge < -0.3 is 14.0 Å². The number of hydrogen-bond acceptors (Lipinski definition) is 3. The van der Waals surface area contributed by atoms with E-state index in [0.717, 1.165) is 25.9 Å². The summed E-state index contributed by atoms with van der Waals surface area (Å²) in [5, 5.41) is 13.6. The van der Waals surface area contributed by atoms with Crippen LogP contribution in [0.15, 0.2) is 72.8 Å². The van der Waals surface area contributed by atoms with Gasteiger partial charge in [0.05, 0.1) is 6.10 Å². The third-order valence-electron chi connectivity index (χ3n) is 8.25. The summed E-state index contributed by atoms with van der Waals surface area (Å²) in [5.74, 6) is 0.196. The molecule has 0 spiro atoms. The first-order chi connectivity index (χ1) is 17.6. The first kappa shape index (κ1) is 32.7. The summed E-state index contributed by atoms with van der Waals surface area (Å²) in [6.45, 7) is 23.4. The van der Waals surface area contributed by atoms with Crippen LogP contribution < -0.4 is 10.4 Å². The second-order valence-electron chi connectivity index (χ2n) is 13.5. The van der Waals surface area contributed by atoms with E-state index in [1.807, 2.05) is 6.08 Å². The van der Waals surface area contributed by atoms with Gasteiger partial charge in [0.25, 0.3) is 8.32 Å². The molecular weight excluding hydrogens is 501 g/mol. The van der Waals surface area contributed by atoms with Crippen LogP contribution in [0.4, 0.5) is 0 Å². The SMILES string of the molecule is C[C@H](C/C=C\C(O)[C@@H](C)CCCO[Si](C)(C)C(C)(C)C)O[Si](c1ccccc1)(c1ccccc1)C(C)(C)C. The van der Waals surface area contributed by atoms with Gasteiger partial charge in [-0.1, -0.05) is 121 Å². The lowest BCUT2D eigenvalue weighted by Gasteiger charge is -2.44. The minimum atomic E-state index is -2.57. The Hall–Kier alpha value is -1.51. The first-order valence-corrected chi connectivity index (χ1v) is 19.2. The fraction of sp³-hybridized carbons (Fsp3) is 0.576. The highest BCUT2D eigenvalue weighted by Gasteiger charge is 2.50. The van der Waals surface area contributed by atoms with Crippen molar-refractivity contribution in [2.24, 2.45) is 5.92 Å². The van der Waals surface area contributed by atoms with Gasteiger partial charge in [-0.3, -0.25) is 0 Å². The van der Waals surface area contributed by atoms with Crippen molar-refractivity contribution < 1.29 is 14.0 Å². The molecule has 1 unspecified atom stereocenters. The Bertz CT molecular complexity index is 935. The molecule has 0 saturated carbocycles. The van der Waals surface area contributed by atoms with Crippen LogP contribution >= 0.6 is 0 Å². The molecule has 212 valence electrons. The lowest BCUT2D eigenvalue weighted by atomic mass is 9.98. The lowest BCUT2D eigenvalue weighted by Crippen LogP contribution is -2.67. The highest BCUT2D eigenvalue weighted by Crippen LogP contribution is 2.38. The van der Waals surface area contributed by atoms with Crippen LogP contribution in [0.1, 0.15) is 74.7 Å². The van der Waals surface area contributed by atoms with E-state index in [1.165, 1.54) is 10.4 Å². The minimum Gasteiger partial charge on any atom is -0.417 e. The predicted octanol–water partition coefficient (Wildman–Crippen LogP) is 7.70. The fourth-order valence-electron chi connectivity index (χ4n) is 4.76. The molecule has 0 fully saturated rings. The maximum Gasteiger partial charge on any atom is 0.261 e. The number of aliphatic hydroxyl groups excluding tert-OH is 1. The molecule has 0 aliphatic rings. The molecule has 0 heterocycles. The van der Waals surface area contributed by atoms with Gasteiger partial charge in [0.2, 0.25) is 0 Å². The third-order valence-corrected chi connectivity index (χ3v) is 18.0. The average molecular weight is 555 g/mol. The van der Waals surface area contributed by atoms with Gasteiger partial charge in [0.1, 0.15) is 0 Å². The molecule has 2 rings (SSSR count). The van der Waals surface area contributed by atoms with E-state index in [1.54, 1.807) is 0 Å². The summed E-state index contributed by atoms with van der Waals surface area (Å²) in [7, 11) is -4.28. The maximum absolute atomic E-state index is 10.8. The number of benzene rings is 2. The van der Waals surface area contributed by atoms with Gasteiger partial charge in [-0.2, -0.15) is 0 Å². The van der Waals surface area contributed by atoms with Gasteiger partial charge in [0, 0.05) is 12.7 Å². The molecule has 0 bridgehead atoms. The minimum absolute atomic E-state index is 0.0260. The number of rotatable bonds is 13. The molecule has 0 saturated heterocycles. The van der Waals surface area contributed by atoms with Crippen LogP contribution in [0.2, 0.25) is 23.2 Å². The number of aliphatic hydroxyl groups is 1. The van der Waals surface area contributed by atoms with Crippen molar-refractivity contribution in [3.8, 4) is 0 Å². The van der Waals surface area contributed by atoms with E-state index in [-0.39, 0.29) is 22.1 Å². The molecule has 0 aromatic heterocycles. The molecule has 3 nitrogen and oxygen atoms in total. The molecular formula is C33H54O3Si2. The molecule has 0 aliphatic carbocycles. The summed E-state index contributed by atoms with van der Waals surface area (Å²) in [6.07, 6.45) is 6.34. The van der Waals surface area contributed by atoms with Crippen LogP contribution in [0, 0.1) is 5.92 Å². The highest BCUT2D eigenvalue weighted by atomic mass is 28.4. The van der Waals surface area contributed by atoms with Crippen LogP contribution in [-0.2, 0) is 8.85 Å². The largest absolute Gasteiger partial charge is 0.417 e. The fourth-order valence-corrected chi connectivity index (χ4v) is 10.6. The monoisotopic (exact) mass is 554 g/mol. The molecule has 5 heteroatoms. The Labute approximate surface area is 235 Å². The normalized spacial score (nSPS) is 16.0. The van der Waals surface area contributed by atoms with Crippen molar-refractivity contribution in [3.63, 3.8) is 0 Å². The van der Waals surface area contributed by atoms with E-state index >= 15 is 0 Å². The van der Waals surface area contributed by atoms with E-state index in [2.05, 4.69) is 135 Å². The van der Waals surface area contributed by atoms with Crippen molar-refractivity contribution in [3.05, 3.63) is 72.8 Å². The Morgan fingerprint density at radius 1 is 0.816 bits per heavy atom. The second kappa shape index (κ2) is 13.7. The maximum atomic E-state index is 10.8. The Balaban J connectivity index is 2.04. The average Bonchev–Trinajstić information content (AvgIpc) is 2.84. The summed E-state index contributed by atoms with van der Waals surface area (Å²) < 4.78 is 13.5. The topological polar surface area (TPSA) is 38.7 Å². The van der Waals surface area contributed by atoms with Gasteiger partial charge in [-0.15, -0.1) is 0 Å². The van der Waals surface area contributed by atoms with Gasteiger partial charge in [-0.05, 0) is 65.6 Å². The molecule has 1 N–H and O–H groups in total. The molecule has 2 aromatic rings. The summed E-state index contributed by atoms with van der Waals surface area (Å²) in [6, 6.07) is 21.5. The molecule has 0 aliphatic heterocycles. The zero-order valence-corrected chi connectivity index (χ0v) is 27.8. The predicted molar refractivity (Wildman–Crippen MR) is 169 cm³/mol. The summed E-state index contributed by atoms with van der Waals surface area (Å²) in [5.41, 5.74) is 0. The quantitative estimate of drug-likeness (QED) is 0.157. The summed E-state index contributed by atoms with van der Waals surface area (Å²) in [4.78, 5) is 0. The van der Waals surface area contributed by atoms with E-state index in [0.29, 0.717) is 0 Å². The van der Waals surface area contributed by atoms with Crippen molar-refractivity contribution in [1.82, 2.24) is 0 Å². The molecule has 38 heavy (non-hydrogen) atoms. The third kappa shape index (κ3) is 8.49. The van der Waals surface area contributed by atoms with Crippen molar-refractivity contribution >= 4 is 27.0 Å². The number of hydrogen-bond donors (Lipinski definition) is 1. The van der Waals surface area contributed by atoms with Crippen molar-refractivity contribution in [1.29, 1.82) is 0 Å². The van der Waals surface area contributed by atoms with Crippen LogP contribution in [0.5, 0.6) is 0 Å². The molecule has 0 amide bonds. The zero-order chi connectivity index (χ0) is 28.6.